The van der Waals surface area contributed by atoms with Crippen molar-refractivity contribution in [3.05, 3.63) is 173 Å². The summed E-state index contributed by atoms with van der Waals surface area (Å²) in [5, 5.41) is 0. The van der Waals surface area contributed by atoms with Crippen LogP contribution in [0.5, 0.6) is 0 Å². The quantitative estimate of drug-likeness (QED) is 0.200. The molecule has 0 saturated carbocycles. The molecule has 4 atom stereocenters. The van der Waals surface area contributed by atoms with E-state index in [2.05, 4.69) is 149 Å². The van der Waals surface area contributed by atoms with Crippen LogP contribution in [0.25, 0.3) is 0 Å². The maximum Gasteiger partial charge on any atom is 0.101 e. The van der Waals surface area contributed by atoms with E-state index < -0.39 is 0 Å². The minimum atomic E-state index is 0.0409. The standard InChI is InChI=1S/C37H33N5/c1-5-14-28(15-6-1)34-36(30-18-9-3-10-19-30)41(26-38-34)24-32-22-13-23-33(40-32)25-42-27-39-35(29-16-7-2-8-17-29)37(42)31-20-11-4-12-21-31/h1-23,26-27,34-37H,24-25H2. The molecule has 0 aliphatic carbocycles. The molecule has 42 heavy (non-hydrogen) atoms. The lowest BCUT2D eigenvalue weighted by Gasteiger charge is -2.30. The highest BCUT2D eigenvalue weighted by molar-refractivity contribution is 5.62. The van der Waals surface area contributed by atoms with Crippen LogP contribution in [-0.4, -0.2) is 27.5 Å². The number of rotatable bonds is 8. The van der Waals surface area contributed by atoms with Gasteiger partial charge in [0.05, 0.1) is 49.2 Å². The van der Waals surface area contributed by atoms with E-state index in [9.17, 15) is 0 Å². The number of pyridine rings is 1. The van der Waals surface area contributed by atoms with Gasteiger partial charge in [0.1, 0.15) is 12.1 Å². The third-order valence-corrected chi connectivity index (χ3v) is 8.18. The van der Waals surface area contributed by atoms with E-state index in [-0.39, 0.29) is 24.2 Å². The maximum atomic E-state index is 5.14. The lowest BCUT2D eigenvalue weighted by Crippen LogP contribution is -2.27. The Morgan fingerprint density at radius 2 is 0.762 bits per heavy atom. The van der Waals surface area contributed by atoms with Crippen molar-refractivity contribution in [2.24, 2.45) is 9.98 Å². The van der Waals surface area contributed by atoms with Crippen molar-refractivity contribution in [1.29, 1.82) is 0 Å². The minimum Gasteiger partial charge on any atom is -0.347 e. The van der Waals surface area contributed by atoms with Gasteiger partial charge in [-0.3, -0.25) is 15.0 Å². The Bertz CT molecular complexity index is 1530. The molecule has 4 aromatic carbocycles. The number of nitrogens with zero attached hydrogens (tertiary/aromatic N) is 5. The Morgan fingerprint density at radius 1 is 0.405 bits per heavy atom. The van der Waals surface area contributed by atoms with Gasteiger partial charge in [-0.05, 0) is 34.4 Å². The van der Waals surface area contributed by atoms with Gasteiger partial charge in [-0.25, -0.2) is 0 Å². The van der Waals surface area contributed by atoms with E-state index in [1.807, 2.05) is 12.7 Å². The summed E-state index contributed by atoms with van der Waals surface area (Å²) in [5.41, 5.74) is 7.01. The first-order chi connectivity index (χ1) is 20.8. The van der Waals surface area contributed by atoms with Crippen LogP contribution in [0, 0.1) is 0 Å². The predicted octanol–water partition coefficient (Wildman–Crippen LogP) is 7.73. The summed E-state index contributed by atoms with van der Waals surface area (Å²) in [6.45, 7) is 1.37. The number of aliphatic imine (C=N–C) groups is 2. The summed E-state index contributed by atoms with van der Waals surface area (Å²) in [7, 11) is 0. The van der Waals surface area contributed by atoms with Crippen LogP contribution < -0.4 is 0 Å². The van der Waals surface area contributed by atoms with Gasteiger partial charge in [0.2, 0.25) is 0 Å². The molecular weight excluding hydrogens is 514 g/mol. The van der Waals surface area contributed by atoms with Crippen molar-refractivity contribution in [3.8, 4) is 0 Å². The number of hydrogen-bond donors (Lipinski definition) is 0. The van der Waals surface area contributed by atoms with Crippen molar-refractivity contribution in [3.63, 3.8) is 0 Å². The van der Waals surface area contributed by atoms with Crippen molar-refractivity contribution < 1.29 is 0 Å². The molecule has 0 spiro atoms. The molecule has 2 aliphatic rings. The van der Waals surface area contributed by atoms with Crippen molar-refractivity contribution >= 4 is 12.7 Å². The van der Waals surface area contributed by atoms with Gasteiger partial charge in [0.15, 0.2) is 0 Å². The van der Waals surface area contributed by atoms with Crippen molar-refractivity contribution in [2.75, 3.05) is 0 Å². The maximum absolute atomic E-state index is 5.14. The van der Waals surface area contributed by atoms with E-state index in [1.54, 1.807) is 0 Å². The summed E-state index contributed by atoms with van der Waals surface area (Å²) < 4.78 is 0. The van der Waals surface area contributed by atoms with Gasteiger partial charge in [0.25, 0.3) is 0 Å². The molecule has 206 valence electrons. The SMILES string of the molecule is C1=NC(c2ccccc2)C(c2ccccc2)N1Cc1cccc(CN2C=NC(c3ccccc3)C2c2ccccc2)n1. The molecule has 5 nitrogen and oxygen atoms in total. The summed E-state index contributed by atoms with van der Waals surface area (Å²) in [5.74, 6) is 0. The largest absolute Gasteiger partial charge is 0.347 e. The van der Waals surface area contributed by atoms with Gasteiger partial charge < -0.3 is 9.80 Å². The molecule has 5 aromatic rings. The van der Waals surface area contributed by atoms with E-state index in [1.165, 1.54) is 22.3 Å². The van der Waals surface area contributed by atoms with Gasteiger partial charge in [-0.2, -0.15) is 0 Å². The topological polar surface area (TPSA) is 44.1 Å². The first-order valence-corrected chi connectivity index (χ1v) is 14.6. The first-order valence-electron chi connectivity index (χ1n) is 14.6. The van der Waals surface area contributed by atoms with E-state index in [4.69, 9.17) is 15.0 Å². The Hall–Kier alpha value is -5.03. The average molecular weight is 548 g/mol. The van der Waals surface area contributed by atoms with Gasteiger partial charge >= 0.3 is 0 Å². The molecule has 0 N–H and O–H groups in total. The molecule has 7 rings (SSSR count). The van der Waals surface area contributed by atoms with Crippen LogP contribution in [0.1, 0.15) is 57.8 Å². The zero-order valence-corrected chi connectivity index (χ0v) is 23.4. The fourth-order valence-corrected chi connectivity index (χ4v) is 6.23. The Kier molecular flexibility index (Phi) is 7.30. The van der Waals surface area contributed by atoms with Crippen LogP contribution in [-0.2, 0) is 13.1 Å². The van der Waals surface area contributed by atoms with Crippen LogP contribution in [0.2, 0.25) is 0 Å². The zero-order chi connectivity index (χ0) is 28.1. The van der Waals surface area contributed by atoms with Gasteiger partial charge in [-0.1, -0.05) is 127 Å². The Balaban J connectivity index is 1.13. The summed E-state index contributed by atoms with van der Waals surface area (Å²) in [6, 6.07) is 49.2. The molecule has 2 aliphatic heterocycles. The highest BCUT2D eigenvalue weighted by Crippen LogP contribution is 2.42. The summed E-state index contributed by atoms with van der Waals surface area (Å²) in [6.07, 6.45) is 4.01. The molecule has 0 bridgehead atoms. The highest BCUT2D eigenvalue weighted by atomic mass is 15.3. The van der Waals surface area contributed by atoms with Gasteiger partial charge in [0, 0.05) is 0 Å². The molecule has 4 unspecified atom stereocenters. The second-order valence-electron chi connectivity index (χ2n) is 10.9. The summed E-state index contributed by atoms with van der Waals surface area (Å²) in [4.78, 5) is 19.8. The molecule has 3 heterocycles. The van der Waals surface area contributed by atoms with E-state index >= 15 is 0 Å². The Morgan fingerprint density at radius 3 is 1.14 bits per heavy atom. The van der Waals surface area contributed by atoms with Crippen LogP contribution in [0.3, 0.4) is 0 Å². The van der Waals surface area contributed by atoms with E-state index in [0.717, 1.165) is 11.4 Å². The van der Waals surface area contributed by atoms with Crippen molar-refractivity contribution in [1.82, 2.24) is 14.8 Å². The van der Waals surface area contributed by atoms with Crippen LogP contribution in [0.4, 0.5) is 0 Å². The fraction of sp³-hybridized carbons (Fsp3) is 0.162. The molecular formula is C37H33N5. The normalized spacial score (nSPS) is 21.2. The lowest BCUT2D eigenvalue weighted by molar-refractivity contribution is 0.300. The summed E-state index contributed by atoms with van der Waals surface area (Å²) >= 11 is 0. The zero-order valence-electron chi connectivity index (χ0n) is 23.4. The highest BCUT2D eigenvalue weighted by Gasteiger charge is 2.35. The predicted molar refractivity (Wildman–Crippen MR) is 169 cm³/mol. The Labute approximate surface area is 247 Å². The number of hydrogen-bond acceptors (Lipinski definition) is 5. The lowest BCUT2D eigenvalue weighted by atomic mass is 9.93. The molecule has 5 heteroatoms. The van der Waals surface area contributed by atoms with Crippen LogP contribution in [0.15, 0.2) is 150 Å². The smallest absolute Gasteiger partial charge is 0.101 e. The number of aromatic nitrogens is 1. The third kappa shape index (κ3) is 5.34. The minimum absolute atomic E-state index is 0.0409. The number of benzene rings is 4. The molecule has 0 amide bonds. The molecule has 0 radical (unpaired) electrons. The van der Waals surface area contributed by atoms with Gasteiger partial charge in [-0.15, -0.1) is 0 Å². The van der Waals surface area contributed by atoms with Crippen LogP contribution >= 0.6 is 0 Å². The second kappa shape index (κ2) is 11.8. The average Bonchev–Trinajstić information content (AvgIpc) is 3.67. The first kappa shape index (κ1) is 25.9. The molecule has 0 saturated heterocycles. The monoisotopic (exact) mass is 547 g/mol. The molecule has 0 fully saturated rings. The molecule has 1 aromatic heterocycles. The second-order valence-corrected chi connectivity index (χ2v) is 10.9. The van der Waals surface area contributed by atoms with Crippen molar-refractivity contribution in [2.45, 2.75) is 37.3 Å². The fourth-order valence-electron chi connectivity index (χ4n) is 6.23. The third-order valence-electron chi connectivity index (χ3n) is 8.18. The van der Waals surface area contributed by atoms with E-state index in [0.29, 0.717) is 13.1 Å².